The van der Waals surface area contributed by atoms with Gasteiger partial charge in [-0.25, -0.2) is 0 Å². The van der Waals surface area contributed by atoms with E-state index in [2.05, 4.69) is 33.0 Å². The largest absolute Gasteiger partial charge is 0.481 e. The third-order valence-electron chi connectivity index (χ3n) is 4.49. The van der Waals surface area contributed by atoms with Crippen LogP contribution in [0.25, 0.3) is 0 Å². The Morgan fingerprint density at radius 3 is 2.24 bits per heavy atom. The molecule has 1 fully saturated rings. The maximum atomic E-state index is 10.8. The Morgan fingerprint density at radius 1 is 1.29 bits per heavy atom. The second-order valence-electron chi connectivity index (χ2n) is 6.41. The molecule has 1 rings (SSSR count). The average molecular weight is 241 g/mol. The molecule has 0 aliphatic heterocycles. The summed E-state index contributed by atoms with van der Waals surface area (Å²) in [4.78, 5) is 10.8. The molecule has 1 aliphatic carbocycles. The predicted molar refractivity (Wildman–Crippen MR) is 70.0 cm³/mol. The normalized spacial score (nSPS) is 26.2. The molecule has 0 aromatic heterocycles. The van der Waals surface area contributed by atoms with Gasteiger partial charge in [0.15, 0.2) is 0 Å². The van der Waals surface area contributed by atoms with Crippen molar-refractivity contribution in [1.29, 1.82) is 0 Å². The molecule has 3 nitrogen and oxygen atoms in total. The quantitative estimate of drug-likeness (QED) is 0.778. The van der Waals surface area contributed by atoms with Gasteiger partial charge in [-0.1, -0.05) is 27.7 Å². The van der Waals surface area contributed by atoms with Crippen LogP contribution in [0.3, 0.4) is 0 Å². The number of aliphatic carboxylic acids is 1. The number of hydrogen-bond donors (Lipinski definition) is 2. The van der Waals surface area contributed by atoms with Gasteiger partial charge in [0.2, 0.25) is 0 Å². The predicted octanol–water partition coefficient (Wildman–Crippen LogP) is 2.90. The molecule has 0 saturated heterocycles. The van der Waals surface area contributed by atoms with E-state index in [0.29, 0.717) is 17.4 Å². The minimum atomic E-state index is -0.619. The lowest BCUT2D eigenvalue weighted by molar-refractivity contribution is -0.142. The fraction of sp³-hybridized carbons (Fsp3) is 0.929. The van der Waals surface area contributed by atoms with E-state index in [1.807, 2.05) is 0 Å². The summed E-state index contributed by atoms with van der Waals surface area (Å²) in [5.74, 6) is -0.0672. The van der Waals surface area contributed by atoms with Crippen LogP contribution < -0.4 is 5.32 Å². The maximum Gasteiger partial charge on any atom is 0.306 e. The van der Waals surface area contributed by atoms with Crippen molar-refractivity contribution in [2.75, 3.05) is 6.54 Å². The molecule has 17 heavy (non-hydrogen) atoms. The Balaban J connectivity index is 2.29. The van der Waals surface area contributed by atoms with Crippen LogP contribution in [0.4, 0.5) is 0 Å². The molecule has 0 aromatic rings. The molecular formula is C14H27NO2. The lowest BCUT2D eigenvalue weighted by Crippen LogP contribution is -2.41. The van der Waals surface area contributed by atoms with E-state index in [9.17, 15) is 4.79 Å². The lowest BCUT2D eigenvalue weighted by atomic mass is 9.80. The summed E-state index contributed by atoms with van der Waals surface area (Å²) in [5, 5.41) is 12.5. The third kappa shape index (κ3) is 4.30. The minimum absolute atomic E-state index is 0.105. The van der Waals surface area contributed by atoms with Crippen molar-refractivity contribution in [1.82, 2.24) is 5.32 Å². The summed E-state index contributed by atoms with van der Waals surface area (Å²) >= 11 is 0. The van der Waals surface area contributed by atoms with Gasteiger partial charge in [0, 0.05) is 12.6 Å². The summed E-state index contributed by atoms with van der Waals surface area (Å²) in [5.41, 5.74) is 0.309. The van der Waals surface area contributed by atoms with E-state index < -0.39 is 5.97 Å². The Hall–Kier alpha value is -0.570. The monoisotopic (exact) mass is 241 g/mol. The highest BCUT2D eigenvalue weighted by Crippen LogP contribution is 2.28. The first-order valence-corrected chi connectivity index (χ1v) is 6.79. The molecule has 100 valence electrons. The van der Waals surface area contributed by atoms with E-state index in [1.54, 1.807) is 0 Å². The Bertz CT molecular complexity index is 253. The Kier molecular flexibility index (Phi) is 4.99. The van der Waals surface area contributed by atoms with E-state index in [1.165, 1.54) is 0 Å². The van der Waals surface area contributed by atoms with Gasteiger partial charge in [-0.05, 0) is 37.0 Å². The molecule has 0 aromatic carbocycles. The van der Waals surface area contributed by atoms with Gasteiger partial charge in [0.25, 0.3) is 0 Å². The molecule has 0 radical (unpaired) electrons. The zero-order valence-corrected chi connectivity index (χ0v) is 11.6. The first kappa shape index (κ1) is 14.5. The highest BCUT2D eigenvalue weighted by atomic mass is 16.4. The fourth-order valence-corrected chi connectivity index (χ4v) is 2.16. The zero-order chi connectivity index (χ0) is 13.1. The Labute approximate surface area is 105 Å². The second kappa shape index (κ2) is 5.85. The average Bonchev–Trinajstić information content (AvgIpc) is 2.27. The van der Waals surface area contributed by atoms with Gasteiger partial charge in [0.1, 0.15) is 0 Å². The van der Waals surface area contributed by atoms with Crippen LogP contribution in [0, 0.1) is 17.3 Å². The van der Waals surface area contributed by atoms with Crippen molar-refractivity contribution < 1.29 is 9.90 Å². The molecule has 2 N–H and O–H groups in total. The standard InChI is InChI=1S/C14H27NO2/c1-10(2)14(3,4)9-15-12-7-5-11(6-8-12)13(16)17/h10-12,15H,5-9H2,1-4H3,(H,16,17). The first-order chi connectivity index (χ1) is 7.83. The van der Waals surface area contributed by atoms with Crippen molar-refractivity contribution in [3.05, 3.63) is 0 Å². The lowest BCUT2D eigenvalue weighted by Gasteiger charge is -2.34. The van der Waals surface area contributed by atoms with Crippen molar-refractivity contribution in [3.8, 4) is 0 Å². The Morgan fingerprint density at radius 2 is 1.82 bits per heavy atom. The first-order valence-electron chi connectivity index (χ1n) is 6.79. The van der Waals surface area contributed by atoms with Crippen LogP contribution in [-0.2, 0) is 4.79 Å². The van der Waals surface area contributed by atoms with E-state index in [4.69, 9.17) is 5.11 Å². The van der Waals surface area contributed by atoms with Crippen LogP contribution in [0.15, 0.2) is 0 Å². The molecule has 0 unspecified atom stereocenters. The van der Waals surface area contributed by atoms with Crippen molar-refractivity contribution in [2.24, 2.45) is 17.3 Å². The van der Waals surface area contributed by atoms with E-state index in [-0.39, 0.29) is 5.92 Å². The molecule has 0 heterocycles. The van der Waals surface area contributed by atoms with Crippen LogP contribution in [-0.4, -0.2) is 23.7 Å². The molecule has 1 saturated carbocycles. The number of carboxylic acids is 1. The SMILES string of the molecule is CC(C)C(C)(C)CNC1CCC(C(=O)O)CC1. The van der Waals surface area contributed by atoms with Gasteiger partial charge in [-0.15, -0.1) is 0 Å². The number of nitrogens with one attached hydrogen (secondary N) is 1. The third-order valence-corrected chi connectivity index (χ3v) is 4.49. The number of carbonyl (C=O) groups is 1. The second-order valence-corrected chi connectivity index (χ2v) is 6.41. The van der Waals surface area contributed by atoms with Gasteiger partial charge < -0.3 is 10.4 Å². The van der Waals surface area contributed by atoms with Gasteiger partial charge in [-0.3, -0.25) is 4.79 Å². The van der Waals surface area contributed by atoms with Gasteiger partial charge in [0.05, 0.1) is 5.92 Å². The summed E-state index contributed by atoms with van der Waals surface area (Å²) in [6.07, 6.45) is 3.67. The number of hydrogen-bond acceptors (Lipinski definition) is 2. The summed E-state index contributed by atoms with van der Waals surface area (Å²) in [6, 6.07) is 0.517. The summed E-state index contributed by atoms with van der Waals surface area (Å²) in [7, 11) is 0. The molecule has 3 heteroatoms. The molecule has 1 aliphatic rings. The molecular weight excluding hydrogens is 214 g/mol. The molecule has 0 spiro atoms. The summed E-state index contributed by atoms with van der Waals surface area (Å²) in [6.45, 7) is 10.1. The van der Waals surface area contributed by atoms with Gasteiger partial charge >= 0.3 is 5.97 Å². The number of carboxylic acid groups (broad SMARTS) is 1. The van der Waals surface area contributed by atoms with Crippen LogP contribution >= 0.6 is 0 Å². The zero-order valence-electron chi connectivity index (χ0n) is 11.6. The highest BCUT2D eigenvalue weighted by Gasteiger charge is 2.28. The topological polar surface area (TPSA) is 49.3 Å². The minimum Gasteiger partial charge on any atom is -0.481 e. The van der Waals surface area contributed by atoms with Crippen LogP contribution in [0.1, 0.15) is 53.4 Å². The molecule has 0 atom stereocenters. The van der Waals surface area contributed by atoms with Crippen LogP contribution in [0.2, 0.25) is 0 Å². The van der Waals surface area contributed by atoms with Crippen LogP contribution in [0.5, 0.6) is 0 Å². The highest BCUT2D eigenvalue weighted by molar-refractivity contribution is 5.70. The maximum absolute atomic E-state index is 10.8. The van der Waals surface area contributed by atoms with Crippen molar-refractivity contribution in [2.45, 2.75) is 59.4 Å². The van der Waals surface area contributed by atoms with E-state index >= 15 is 0 Å². The fourth-order valence-electron chi connectivity index (χ4n) is 2.16. The van der Waals surface area contributed by atoms with Crippen molar-refractivity contribution >= 4 is 5.97 Å². The molecule has 0 bridgehead atoms. The van der Waals surface area contributed by atoms with Crippen molar-refractivity contribution in [3.63, 3.8) is 0 Å². The smallest absolute Gasteiger partial charge is 0.306 e. The molecule has 0 amide bonds. The van der Waals surface area contributed by atoms with E-state index in [0.717, 1.165) is 32.2 Å². The summed E-state index contributed by atoms with van der Waals surface area (Å²) < 4.78 is 0. The van der Waals surface area contributed by atoms with Gasteiger partial charge in [-0.2, -0.15) is 0 Å². The number of rotatable bonds is 5.